The second-order valence-electron chi connectivity index (χ2n) is 5.56. The maximum Gasteiger partial charge on any atom is 0.303 e. The van der Waals surface area contributed by atoms with Crippen LogP contribution in [0.3, 0.4) is 0 Å². The van der Waals surface area contributed by atoms with Gasteiger partial charge in [-0.15, -0.1) is 0 Å². The first-order valence-electron chi connectivity index (χ1n) is 8.31. The smallest absolute Gasteiger partial charge is 0.303 e. The number of carboxylic acid groups (broad SMARTS) is 1. The second kappa shape index (κ2) is 9.72. The Hall–Kier alpha value is -2.34. The van der Waals surface area contributed by atoms with Gasteiger partial charge in [0.1, 0.15) is 18.2 Å². The summed E-state index contributed by atoms with van der Waals surface area (Å²) in [6.07, 6.45) is 4.56. The first-order valence-corrected chi connectivity index (χ1v) is 8.31. The molecular weight excluding hydrogens is 306 g/mol. The quantitative estimate of drug-likeness (QED) is 0.685. The van der Waals surface area contributed by atoms with E-state index in [9.17, 15) is 4.79 Å². The van der Waals surface area contributed by atoms with E-state index in [4.69, 9.17) is 9.84 Å². The highest BCUT2D eigenvalue weighted by molar-refractivity contribution is 5.66. The molecule has 130 valence electrons. The fourth-order valence-corrected chi connectivity index (χ4v) is 2.51. The van der Waals surface area contributed by atoms with E-state index in [0.29, 0.717) is 26.1 Å². The lowest BCUT2D eigenvalue weighted by Crippen LogP contribution is -2.30. The minimum atomic E-state index is -0.759. The number of ether oxygens (including phenoxy) is 1. The number of aromatic nitrogens is 2. The van der Waals surface area contributed by atoms with Gasteiger partial charge in [-0.3, -0.25) is 9.69 Å². The van der Waals surface area contributed by atoms with Crippen LogP contribution in [0.2, 0.25) is 0 Å². The van der Waals surface area contributed by atoms with Gasteiger partial charge < -0.3 is 14.4 Å². The van der Waals surface area contributed by atoms with Gasteiger partial charge in [-0.05, 0) is 32.0 Å². The monoisotopic (exact) mass is 331 g/mol. The molecule has 0 saturated heterocycles. The zero-order valence-electron chi connectivity index (χ0n) is 14.1. The standard InChI is InChI=1S/C18H25N3O3/c1-2-21-12-10-19-17(21)15-20(11-6-9-18(22)23)13-14-24-16-7-4-3-5-8-16/h3-5,7-8,10,12H,2,6,9,11,13-15H2,1H3,(H,22,23). The average molecular weight is 331 g/mol. The second-order valence-corrected chi connectivity index (χ2v) is 5.56. The first-order chi connectivity index (χ1) is 11.7. The summed E-state index contributed by atoms with van der Waals surface area (Å²) in [6, 6.07) is 9.70. The van der Waals surface area contributed by atoms with Gasteiger partial charge in [0.15, 0.2) is 0 Å². The van der Waals surface area contributed by atoms with E-state index in [0.717, 1.165) is 24.7 Å². The largest absolute Gasteiger partial charge is 0.492 e. The number of para-hydroxylation sites is 1. The Morgan fingerprint density at radius 3 is 2.79 bits per heavy atom. The summed E-state index contributed by atoms with van der Waals surface area (Å²) in [6.45, 7) is 5.64. The highest BCUT2D eigenvalue weighted by Crippen LogP contribution is 2.09. The molecule has 1 aromatic carbocycles. The number of carbonyl (C=O) groups is 1. The van der Waals surface area contributed by atoms with Gasteiger partial charge in [0, 0.05) is 31.9 Å². The van der Waals surface area contributed by atoms with Crippen molar-refractivity contribution >= 4 is 5.97 Å². The molecule has 0 bridgehead atoms. The van der Waals surface area contributed by atoms with Crippen LogP contribution < -0.4 is 4.74 Å². The summed E-state index contributed by atoms with van der Waals surface area (Å²) in [5.74, 6) is 1.08. The lowest BCUT2D eigenvalue weighted by atomic mass is 10.3. The molecule has 6 heteroatoms. The van der Waals surface area contributed by atoms with Gasteiger partial charge in [-0.2, -0.15) is 0 Å². The minimum Gasteiger partial charge on any atom is -0.492 e. The molecule has 0 spiro atoms. The van der Waals surface area contributed by atoms with Crippen molar-refractivity contribution in [3.05, 3.63) is 48.5 Å². The predicted octanol–water partition coefficient (Wildman–Crippen LogP) is 2.65. The number of rotatable bonds is 11. The highest BCUT2D eigenvalue weighted by Gasteiger charge is 2.11. The van der Waals surface area contributed by atoms with E-state index < -0.39 is 5.97 Å². The predicted molar refractivity (Wildman–Crippen MR) is 92.0 cm³/mol. The SMILES string of the molecule is CCn1ccnc1CN(CCCC(=O)O)CCOc1ccccc1. The number of aliphatic carboxylic acids is 1. The van der Waals surface area contributed by atoms with E-state index in [-0.39, 0.29) is 6.42 Å². The molecule has 0 atom stereocenters. The third-order valence-corrected chi connectivity index (χ3v) is 3.79. The van der Waals surface area contributed by atoms with Crippen molar-refractivity contribution in [2.75, 3.05) is 19.7 Å². The molecule has 24 heavy (non-hydrogen) atoms. The normalized spacial score (nSPS) is 10.9. The van der Waals surface area contributed by atoms with Crippen LogP contribution in [0.4, 0.5) is 0 Å². The third-order valence-electron chi connectivity index (χ3n) is 3.79. The molecule has 1 aromatic heterocycles. The van der Waals surface area contributed by atoms with Gasteiger partial charge in [-0.25, -0.2) is 4.98 Å². The average Bonchev–Trinajstić information content (AvgIpc) is 3.02. The van der Waals surface area contributed by atoms with E-state index in [1.165, 1.54) is 0 Å². The fraction of sp³-hybridized carbons (Fsp3) is 0.444. The molecule has 0 saturated carbocycles. The molecule has 0 radical (unpaired) electrons. The van der Waals surface area contributed by atoms with Crippen LogP contribution in [-0.2, 0) is 17.9 Å². The maximum atomic E-state index is 10.7. The van der Waals surface area contributed by atoms with E-state index in [1.54, 1.807) is 6.20 Å². The summed E-state index contributed by atoms with van der Waals surface area (Å²) in [5.41, 5.74) is 0. The van der Waals surface area contributed by atoms with Crippen LogP contribution in [0.25, 0.3) is 0 Å². The molecule has 0 amide bonds. The molecular formula is C18H25N3O3. The van der Waals surface area contributed by atoms with E-state index in [2.05, 4.69) is 21.4 Å². The van der Waals surface area contributed by atoms with Crippen molar-refractivity contribution in [3.63, 3.8) is 0 Å². The fourth-order valence-electron chi connectivity index (χ4n) is 2.51. The van der Waals surface area contributed by atoms with E-state index >= 15 is 0 Å². The summed E-state index contributed by atoms with van der Waals surface area (Å²) < 4.78 is 7.85. The van der Waals surface area contributed by atoms with Gasteiger partial charge in [0.05, 0.1) is 6.54 Å². The number of aryl methyl sites for hydroxylation is 1. The van der Waals surface area contributed by atoms with Crippen LogP contribution in [0.5, 0.6) is 5.75 Å². The Balaban J connectivity index is 1.87. The van der Waals surface area contributed by atoms with Crippen molar-refractivity contribution in [1.29, 1.82) is 0 Å². The zero-order valence-corrected chi connectivity index (χ0v) is 14.1. The van der Waals surface area contributed by atoms with Crippen LogP contribution in [0.15, 0.2) is 42.7 Å². The van der Waals surface area contributed by atoms with Crippen LogP contribution in [-0.4, -0.2) is 45.2 Å². The Bertz CT molecular complexity index is 613. The molecule has 0 aliphatic rings. The molecule has 1 N–H and O–H groups in total. The molecule has 0 aliphatic heterocycles. The topological polar surface area (TPSA) is 67.6 Å². The summed E-state index contributed by atoms with van der Waals surface area (Å²) in [5, 5.41) is 8.83. The number of imidazole rings is 1. The van der Waals surface area contributed by atoms with Crippen molar-refractivity contribution in [2.24, 2.45) is 0 Å². The zero-order chi connectivity index (χ0) is 17.2. The number of hydrogen-bond donors (Lipinski definition) is 1. The van der Waals surface area contributed by atoms with Crippen molar-refractivity contribution in [3.8, 4) is 5.75 Å². The van der Waals surface area contributed by atoms with Crippen LogP contribution in [0, 0.1) is 0 Å². The van der Waals surface area contributed by atoms with Crippen molar-refractivity contribution in [2.45, 2.75) is 32.9 Å². The number of hydrogen-bond acceptors (Lipinski definition) is 4. The van der Waals surface area contributed by atoms with Crippen molar-refractivity contribution < 1.29 is 14.6 Å². The first kappa shape index (κ1) is 18.0. The number of benzene rings is 1. The van der Waals surface area contributed by atoms with Gasteiger partial charge in [0.2, 0.25) is 0 Å². The summed E-state index contributed by atoms with van der Waals surface area (Å²) in [4.78, 5) is 17.3. The number of carboxylic acids is 1. The summed E-state index contributed by atoms with van der Waals surface area (Å²) >= 11 is 0. The lowest BCUT2D eigenvalue weighted by Gasteiger charge is -2.22. The van der Waals surface area contributed by atoms with Crippen LogP contribution in [0.1, 0.15) is 25.6 Å². The Kier molecular flexibility index (Phi) is 7.29. The van der Waals surface area contributed by atoms with Gasteiger partial charge in [-0.1, -0.05) is 18.2 Å². The van der Waals surface area contributed by atoms with Gasteiger partial charge in [0.25, 0.3) is 0 Å². The minimum absolute atomic E-state index is 0.179. The molecule has 6 nitrogen and oxygen atoms in total. The third kappa shape index (κ3) is 6.04. The molecule has 0 fully saturated rings. The molecule has 0 unspecified atom stereocenters. The molecule has 0 aliphatic carbocycles. The maximum absolute atomic E-state index is 10.7. The number of nitrogens with zero attached hydrogens (tertiary/aromatic N) is 3. The lowest BCUT2D eigenvalue weighted by molar-refractivity contribution is -0.137. The molecule has 2 rings (SSSR count). The molecule has 2 aromatic rings. The Labute approximate surface area is 142 Å². The van der Waals surface area contributed by atoms with Crippen LogP contribution >= 0.6 is 0 Å². The molecule has 1 heterocycles. The highest BCUT2D eigenvalue weighted by atomic mass is 16.5. The Morgan fingerprint density at radius 2 is 2.08 bits per heavy atom. The van der Waals surface area contributed by atoms with Gasteiger partial charge >= 0.3 is 5.97 Å². The summed E-state index contributed by atoms with van der Waals surface area (Å²) in [7, 11) is 0. The van der Waals surface area contributed by atoms with Crippen molar-refractivity contribution in [1.82, 2.24) is 14.5 Å². The Morgan fingerprint density at radius 1 is 1.29 bits per heavy atom. The van der Waals surface area contributed by atoms with E-state index in [1.807, 2.05) is 36.5 Å².